The highest BCUT2D eigenvalue weighted by Crippen LogP contribution is 2.24. The Kier molecular flexibility index (Phi) is 15.1. The molecule has 0 aliphatic rings. The molecule has 0 saturated heterocycles. The van der Waals surface area contributed by atoms with Gasteiger partial charge in [0.25, 0.3) is 0 Å². The zero-order valence-corrected chi connectivity index (χ0v) is 16.4. The van der Waals surface area contributed by atoms with E-state index in [1.54, 1.807) is 21.6 Å². The molecule has 0 saturated carbocycles. The highest BCUT2D eigenvalue weighted by Gasteiger charge is 2.12. The fraction of sp³-hybridized carbons (Fsp3) is 0.833. The summed E-state index contributed by atoms with van der Waals surface area (Å²) in [6.45, 7) is 0. The lowest BCUT2D eigenvalue weighted by Crippen LogP contribution is -2.16. The Balaban J connectivity index is 3.37. The van der Waals surface area contributed by atoms with Gasteiger partial charge in [-0.2, -0.15) is 50.5 Å². The number of Topliss-reactive ketones (excluding diaryl/α,β-unsaturated/α-hetero) is 2. The Morgan fingerprint density at radius 2 is 1.15 bits per heavy atom. The molecule has 118 valence electrons. The second kappa shape index (κ2) is 14.1. The average Bonchev–Trinajstić information content (AvgIpc) is 2.47. The maximum Gasteiger partial charge on any atom is 0.146 e. The van der Waals surface area contributed by atoms with Crippen LogP contribution in [0.25, 0.3) is 0 Å². The minimum absolute atomic E-state index is 0.172. The predicted molar refractivity (Wildman–Crippen MR) is 107 cm³/mol. The Bertz CT molecular complexity index is 259. The Morgan fingerprint density at radius 1 is 0.800 bits per heavy atom. The molecule has 20 heavy (non-hydrogen) atoms. The second-order valence-corrected chi connectivity index (χ2v) is 8.86. The lowest BCUT2D eigenvalue weighted by Gasteiger charge is -2.06. The third kappa shape index (κ3) is 11.1. The molecule has 0 aromatic heterocycles. The van der Waals surface area contributed by atoms with Crippen LogP contribution in [0.2, 0.25) is 0 Å². The molecule has 0 aliphatic heterocycles. The van der Waals surface area contributed by atoms with Crippen molar-refractivity contribution in [3.8, 4) is 0 Å². The fourth-order valence-electron chi connectivity index (χ4n) is 1.27. The van der Waals surface area contributed by atoms with Gasteiger partial charge in [0.1, 0.15) is 11.6 Å². The first kappa shape index (κ1) is 21.4. The van der Waals surface area contributed by atoms with E-state index in [1.807, 2.05) is 0 Å². The van der Waals surface area contributed by atoms with Crippen LogP contribution >= 0.6 is 72.1 Å². The summed E-state index contributed by atoms with van der Waals surface area (Å²) in [4.78, 5) is 23.0. The van der Waals surface area contributed by atoms with Crippen molar-refractivity contribution in [3.63, 3.8) is 0 Å². The summed E-state index contributed by atoms with van der Waals surface area (Å²) in [6.07, 6.45) is 2.89. The highest BCUT2D eigenvalue weighted by atomic mass is 33.1. The maximum atomic E-state index is 11.5. The van der Waals surface area contributed by atoms with Crippen LogP contribution in [0.15, 0.2) is 0 Å². The van der Waals surface area contributed by atoms with Crippen LogP contribution in [-0.2, 0) is 9.59 Å². The van der Waals surface area contributed by atoms with Crippen LogP contribution in [0, 0.1) is 0 Å². The minimum atomic E-state index is -0.233. The van der Waals surface area contributed by atoms with Gasteiger partial charge in [0.15, 0.2) is 0 Å². The number of hydrogen-bond acceptors (Lipinski definition) is 8. The maximum absolute atomic E-state index is 11.5. The molecule has 0 aromatic carbocycles. The smallest absolute Gasteiger partial charge is 0.146 e. The lowest BCUT2D eigenvalue weighted by molar-refractivity contribution is -0.119. The molecule has 2 atom stereocenters. The molecule has 2 nitrogen and oxygen atoms in total. The molecule has 0 spiro atoms. The molecule has 0 amide bonds. The van der Waals surface area contributed by atoms with E-state index in [9.17, 15) is 9.59 Å². The third-order valence-electron chi connectivity index (χ3n) is 2.47. The van der Waals surface area contributed by atoms with Gasteiger partial charge in [-0.1, -0.05) is 21.6 Å². The van der Waals surface area contributed by atoms with Crippen LogP contribution < -0.4 is 0 Å². The van der Waals surface area contributed by atoms with E-state index in [-0.39, 0.29) is 22.1 Å². The van der Waals surface area contributed by atoms with Crippen molar-refractivity contribution in [3.05, 3.63) is 0 Å². The van der Waals surface area contributed by atoms with Gasteiger partial charge < -0.3 is 0 Å². The molecule has 0 N–H and O–H groups in total. The van der Waals surface area contributed by atoms with Crippen molar-refractivity contribution in [2.75, 3.05) is 23.0 Å². The Morgan fingerprint density at radius 3 is 1.45 bits per heavy atom. The van der Waals surface area contributed by atoms with Gasteiger partial charge in [-0.05, 0) is 12.8 Å². The minimum Gasteiger partial charge on any atom is -0.298 e. The van der Waals surface area contributed by atoms with Gasteiger partial charge in [0, 0.05) is 35.9 Å². The Hall–Kier alpha value is 1.44. The molecule has 0 fully saturated rings. The molecular formula is C12H22O2S6. The molecule has 0 bridgehead atoms. The van der Waals surface area contributed by atoms with Crippen molar-refractivity contribution in [2.45, 2.75) is 36.2 Å². The summed E-state index contributed by atoms with van der Waals surface area (Å²) in [7, 11) is 3.51. The SMILES string of the molecule is O=C(CCCSSCCCC(=O)C(S)CS)C(S)CS. The van der Waals surface area contributed by atoms with Gasteiger partial charge in [0.2, 0.25) is 0 Å². The van der Waals surface area contributed by atoms with E-state index >= 15 is 0 Å². The van der Waals surface area contributed by atoms with Gasteiger partial charge in [-0.25, -0.2) is 0 Å². The number of thiol groups is 4. The van der Waals surface area contributed by atoms with Crippen LogP contribution in [0.5, 0.6) is 0 Å². The topological polar surface area (TPSA) is 34.1 Å². The number of ketones is 2. The van der Waals surface area contributed by atoms with Gasteiger partial charge in [0.05, 0.1) is 10.5 Å². The predicted octanol–water partition coefficient (Wildman–Crippen LogP) is 3.52. The van der Waals surface area contributed by atoms with E-state index in [1.165, 1.54) is 0 Å². The summed E-state index contributed by atoms with van der Waals surface area (Å²) in [5.41, 5.74) is 0. The largest absolute Gasteiger partial charge is 0.298 e. The van der Waals surface area contributed by atoms with Crippen LogP contribution in [-0.4, -0.2) is 45.1 Å². The van der Waals surface area contributed by atoms with Crippen molar-refractivity contribution < 1.29 is 9.59 Å². The van der Waals surface area contributed by atoms with E-state index in [0.29, 0.717) is 24.3 Å². The van der Waals surface area contributed by atoms with Crippen molar-refractivity contribution >= 4 is 83.7 Å². The Labute approximate surface area is 151 Å². The molecule has 0 aromatic rings. The molecule has 0 radical (unpaired) electrons. The summed E-state index contributed by atoms with van der Waals surface area (Å²) < 4.78 is 0. The standard InChI is InChI=1S/C12H22O2S6/c13-9(11(17)7-15)3-1-5-19-20-6-2-4-10(14)12(18)8-16/h11-12,15-18H,1-8H2. The quantitative estimate of drug-likeness (QED) is 0.220. The zero-order chi connectivity index (χ0) is 15.4. The first-order valence-electron chi connectivity index (χ1n) is 6.40. The molecular weight excluding hydrogens is 369 g/mol. The van der Waals surface area contributed by atoms with E-state index in [4.69, 9.17) is 0 Å². The van der Waals surface area contributed by atoms with Crippen LogP contribution in [0.4, 0.5) is 0 Å². The van der Waals surface area contributed by atoms with Crippen LogP contribution in [0.3, 0.4) is 0 Å². The normalized spacial score (nSPS) is 14.0. The summed E-state index contributed by atoms with van der Waals surface area (Å²) in [5, 5.41) is -0.467. The van der Waals surface area contributed by atoms with Crippen molar-refractivity contribution in [1.82, 2.24) is 0 Å². The monoisotopic (exact) mass is 390 g/mol. The molecule has 0 rings (SSSR count). The summed E-state index contributed by atoms with van der Waals surface area (Å²) in [6, 6.07) is 0. The molecule has 0 heterocycles. The van der Waals surface area contributed by atoms with E-state index in [0.717, 1.165) is 24.3 Å². The number of carbonyl (C=O) groups excluding carboxylic acids is 2. The average molecular weight is 391 g/mol. The van der Waals surface area contributed by atoms with E-state index < -0.39 is 0 Å². The third-order valence-corrected chi connectivity index (χ3v) is 7.30. The zero-order valence-electron chi connectivity index (χ0n) is 11.2. The molecule has 2 unspecified atom stereocenters. The van der Waals surface area contributed by atoms with Gasteiger partial charge in [-0.15, -0.1) is 0 Å². The number of rotatable bonds is 13. The first-order chi connectivity index (χ1) is 9.52. The van der Waals surface area contributed by atoms with Crippen molar-refractivity contribution in [2.24, 2.45) is 0 Å². The van der Waals surface area contributed by atoms with E-state index in [2.05, 4.69) is 50.5 Å². The molecule has 8 heteroatoms. The van der Waals surface area contributed by atoms with Gasteiger partial charge >= 0.3 is 0 Å². The van der Waals surface area contributed by atoms with Crippen LogP contribution in [0.1, 0.15) is 25.7 Å². The first-order valence-corrected chi connectivity index (χ1v) is 11.2. The summed E-state index contributed by atoms with van der Waals surface area (Å²) >= 11 is 16.4. The number of carbonyl (C=O) groups is 2. The second-order valence-electron chi connectivity index (χ2n) is 4.18. The lowest BCUT2D eigenvalue weighted by atomic mass is 10.2. The fourth-order valence-corrected chi connectivity index (χ4v) is 4.11. The molecule has 0 aliphatic carbocycles. The van der Waals surface area contributed by atoms with Crippen molar-refractivity contribution in [1.29, 1.82) is 0 Å². The highest BCUT2D eigenvalue weighted by molar-refractivity contribution is 8.76. The summed E-state index contributed by atoms with van der Waals surface area (Å²) in [5.74, 6) is 3.23. The number of hydrogen-bond donors (Lipinski definition) is 4. The van der Waals surface area contributed by atoms with Gasteiger partial charge in [-0.3, -0.25) is 9.59 Å².